The van der Waals surface area contributed by atoms with Gasteiger partial charge in [-0.05, 0) is 74.3 Å². The highest BCUT2D eigenvalue weighted by Crippen LogP contribution is 2.45. The van der Waals surface area contributed by atoms with Gasteiger partial charge in [-0.1, -0.05) is 37.1 Å². The molecule has 0 radical (unpaired) electrons. The van der Waals surface area contributed by atoms with Crippen LogP contribution in [0.15, 0.2) is 52.9 Å². The molecule has 2 heterocycles. The molecule has 1 N–H and O–H groups in total. The molecule has 4 fully saturated rings. The Kier molecular flexibility index (Phi) is 6.85. The van der Waals surface area contributed by atoms with E-state index in [1.165, 1.54) is 18.4 Å². The van der Waals surface area contributed by atoms with Gasteiger partial charge in [-0.2, -0.15) is 5.26 Å². The van der Waals surface area contributed by atoms with E-state index in [9.17, 15) is 18.5 Å². The quantitative estimate of drug-likeness (QED) is 0.386. The van der Waals surface area contributed by atoms with Gasteiger partial charge in [0.05, 0.1) is 17.6 Å². The van der Waals surface area contributed by atoms with Crippen LogP contribution >= 0.6 is 0 Å². The summed E-state index contributed by atoms with van der Waals surface area (Å²) in [7, 11) is -2.96. The average molecular weight is 585 g/mol. The maximum absolute atomic E-state index is 13.5. The lowest BCUT2D eigenvalue weighted by Gasteiger charge is -2.30. The lowest BCUT2D eigenvalue weighted by molar-refractivity contribution is -0.127. The van der Waals surface area contributed by atoms with E-state index in [1.54, 1.807) is 0 Å². The summed E-state index contributed by atoms with van der Waals surface area (Å²) in [6, 6.07) is 18.9. The van der Waals surface area contributed by atoms with Crippen LogP contribution in [-0.2, 0) is 14.6 Å². The van der Waals surface area contributed by atoms with Crippen molar-refractivity contribution >= 4 is 21.4 Å². The molecule has 4 aliphatic rings. The van der Waals surface area contributed by atoms with E-state index in [-0.39, 0.29) is 29.2 Å². The Morgan fingerprint density at radius 3 is 2.26 bits per heavy atom. The summed E-state index contributed by atoms with van der Waals surface area (Å²) >= 11 is 0. The van der Waals surface area contributed by atoms with Crippen molar-refractivity contribution in [2.75, 3.05) is 29.5 Å². The fraction of sp³-hybridized carbons (Fsp3) is 0.485. The number of hydrogen-bond donors (Lipinski definition) is 1. The fourth-order valence-corrected chi connectivity index (χ4v) is 7.71. The van der Waals surface area contributed by atoms with Crippen molar-refractivity contribution in [1.29, 1.82) is 5.26 Å². The molecule has 3 saturated carbocycles. The highest BCUT2D eigenvalue weighted by atomic mass is 32.2. The van der Waals surface area contributed by atoms with Crippen LogP contribution in [0.3, 0.4) is 0 Å². The van der Waals surface area contributed by atoms with Crippen molar-refractivity contribution in [3.63, 3.8) is 0 Å². The zero-order chi connectivity index (χ0) is 28.9. The maximum Gasteiger partial charge on any atom is 0.226 e. The number of carbonyl (C=O) groups is 1. The Labute approximate surface area is 247 Å². The SMILES string of the molecule is N#CC1(NC(=O)C2CCCCC2c2oc(-c3ccc(C4CC4)cc3)nc2-c2ccc(N3CCS(=O)(=O)CC3)cc2)CC1. The minimum absolute atomic E-state index is 0.0631. The summed E-state index contributed by atoms with van der Waals surface area (Å²) in [6.45, 7) is 0.974. The molecule has 42 heavy (non-hydrogen) atoms. The van der Waals surface area contributed by atoms with Crippen molar-refractivity contribution in [3.05, 3.63) is 59.9 Å². The van der Waals surface area contributed by atoms with Crippen molar-refractivity contribution in [2.24, 2.45) is 5.92 Å². The normalized spacial score (nSPS) is 24.5. The van der Waals surface area contributed by atoms with Crippen LogP contribution in [0.4, 0.5) is 5.69 Å². The molecule has 1 saturated heterocycles. The number of oxazole rings is 1. The van der Waals surface area contributed by atoms with Crippen LogP contribution in [0.5, 0.6) is 0 Å². The summed E-state index contributed by atoms with van der Waals surface area (Å²) in [5.41, 5.74) is 4.19. The van der Waals surface area contributed by atoms with Gasteiger partial charge in [-0.25, -0.2) is 13.4 Å². The van der Waals surface area contributed by atoms with E-state index >= 15 is 0 Å². The Morgan fingerprint density at radius 1 is 0.952 bits per heavy atom. The second-order valence-electron chi connectivity index (χ2n) is 12.5. The highest BCUT2D eigenvalue weighted by molar-refractivity contribution is 7.91. The van der Waals surface area contributed by atoms with Gasteiger partial charge in [-0.3, -0.25) is 4.79 Å². The third-order valence-corrected chi connectivity index (χ3v) is 11.1. The monoisotopic (exact) mass is 584 g/mol. The van der Waals surface area contributed by atoms with Crippen LogP contribution in [-0.4, -0.2) is 49.4 Å². The third-order valence-electron chi connectivity index (χ3n) is 9.48. The highest BCUT2D eigenvalue weighted by Gasteiger charge is 2.47. The van der Waals surface area contributed by atoms with E-state index in [2.05, 4.69) is 40.6 Å². The molecule has 7 rings (SSSR count). The predicted octanol–water partition coefficient (Wildman–Crippen LogP) is 5.57. The smallest absolute Gasteiger partial charge is 0.226 e. The summed E-state index contributed by atoms with van der Waals surface area (Å²) in [5, 5.41) is 12.6. The van der Waals surface area contributed by atoms with E-state index in [1.807, 2.05) is 24.3 Å². The first-order valence-electron chi connectivity index (χ1n) is 15.2. The Bertz CT molecular complexity index is 1620. The molecule has 9 heteroatoms. The first-order chi connectivity index (χ1) is 20.3. The van der Waals surface area contributed by atoms with Gasteiger partial charge in [0.2, 0.25) is 11.8 Å². The number of aromatic nitrogens is 1. The van der Waals surface area contributed by atoms with Gasteiger partial charge in [-0.15, -0.1) is 0 Å². The van der Waals surface area contributed by atoms with Gasteiger partial charge in [0, 0.05) is 41.7 Å². The number of benzene rings is 2. The van der Waals surface area contributed by atoms with Crippen LogP contribution in [0.1, 0.15) is 74.5 Å². The number of anilines is 1. The van der Waals surface area contributed by atoms with Gasteiger partial charge >= 0.3 is 0 Å². The van der Waals surface area contributed by atoms with Crippen molar-refractivity contribution in [2.45, 2.75) is 68.7 Å². The summed E-state index contributed by atoms with van der Waals surface area (Å²) < 4.78 is 30.4. The lowest BCUT2D eigenvalue weighted by Crippen LogP contribution is -2.42. The number of nitrogens with zero attached hydrogens (tertiary/aromatic N) is 3. The minimum Gasteiger partial charge on any atom is -0.440 e. The van der Waals surface area contributed by atoms with Gasteiger partial charge in [0.15, 0.2) is 9.84 Å². The van der Waals surface area contributed by atoms with E-state index in [0.717, 1.165) is 54.0 Å². The van der Waals surface area contributed by atoms with Gasteiger partial charge in [0.25, 0.3) is 0 Å². The predicted molar refractivity (Wildman–Crippen MR) is 161 cm³/mol. The van der Waals surface area contributed by atoms with Crippen molar-refractivity contribution in [3.8, 4) is 28.8 Å². The molecule has 8 nitrogen and oxygen atoms in total. The van der Waals surface area contributed by atoms with Gasteiger partial charge in [0.1, 0.15) is 17.0 Å². The summed E-state index contributed by atoms with van der Waals surface area (Å²) in [6.07, 6.45) is 7.43. The Hall–Kier alpha value is -3.64. The Morgan fingerprint density at radius 2 is 1.62 bits per heavy atom. The number of carbonyl (C=O) groups excluding carboxylic acids is 1. The second kappa shape index (κ2) is 10.6. The summed E-state index contributed by atoms with van der Waals surface area (Å²) in [4.78, 5) is 20.7. The molecular formula is C33H36N4O4S. The average Bonchev–Trinajstić information content (AvgIpc) is 3.95. The number of nitrogens with one attached hydrogen (secondary N) is 1. The van der Waals surface area contributed by atoms with Crippen molar-refractivity contribution < 1.29 is 17.6 Å². The topological polar surface area (TPSA) is 116 Å². The molecule has 3 aromatic rings. The number of hydrogen-bond acceptors (Lipinski definition) is 7. The van der Waals surface area contributed by atoms with Crippen LogP contribution in [0.2, 0.25) is 0 Å². The van der Waals surface area contributed by atoms with Crippen LogP contribution in [0.25, 0.3) is 22.7 Å². The molecule has 1 aliphatic heterocycles. The molecule has 1 amide bonds. The van der Waals surface area contributed by atoms with E-state index in [4.69, 9.17) is 9.40 Å². The first kappa shape index (κ1) is 27.2. The molecule has 2 unspecified atom stereocenters. The fourth-order valence-electron chi connectivity index (χ4n) is 6.51. The zero-order valence-corrected chi connectivity index (χ0v) is 24.5. The van der Waals surface area contributed by atoms with Crippen LogP contribution in [0, 0.1) is 17.2 Å². The van der Waals surface area contributed by atoms with Gasteiger partial charge < -0.3 is 14.6 Å². The molecule has 0 spiro atoms. The summed E-state index contributed by atoms with van der Waals surface area (Å²) in [5.74, 6) is 1.80. The molecule has 3 aliphatic carbocycles. The lowest BCUT2D eigenvalue weighted by atomic mass is 9.76. The van der Waals surface area contributed by atoms with Crippen molar-refractivity contribution in [1.82, 2.24) is 10.3 Å². The molecular weight excluding hydrogens is 548 g/mol. The first-order valence-corrected chi connectivity index (χ1v) is 17.1. The maximum atomic E-state index is 13.5. The van der Waals surface area contributed by atoms with E-state index < -0.39 is 15.4 Å². The Balaban J connectivity index is 1.22. The number of rotatable bonds is 7. The third kappa shape index (κ3) is 5.45. The molecule has 0 bridgehead atoms. The number of amides is 1. The minimum atomic E-state index is -2.96. The van der Waals surface area contributed by atoms with E-state index in [0.29, 0.717) is 37.7 Å². The molecule has 218 valence electrons. The molecule has 1 aromatic heterocycles. The second-order valence-corrected chi connectivity index (χ2v) is 14.8. The van der Waals surface area contributed by atoms with Crippen LogP contribution < -0.4 is 10.2 Å². The molecule has 2 aromatic carbocycles. The zero-order valence-electron chi connectivity index (χ0n) is 23.7. The largest absolute Gasteiger partial charge is 0.440 e. The standard InChI is InChI=1S/C33H36N4O4S/c34-21-33(15-16-33)36-31(38)28-4-2-1-3-27(28)30-29(35-32(41-30)25-9-7-23(8-10-25)22-5-6-22)24-11-13-26(14-12-24)37-17-19-42(39,40)20-18-37/h7-14,22,27-28H,1-6,15-20H2,(H,36,38). The molecule has 2 atom stereocenters. The number of nitriles is 1. The number of sulfone groups is 1.